The van der Waals surface area contributed by atoms with Crippen molar-refractivity contribution in [3.8, 4) is 0 Å². The molecule has 0 aliphatic carbocycles. The summed E-state index contributed by atoms with van der Waals surface area (Å²) in [6.07, 6.45) is 0. The first kappa shape index (κ1) is 6.97. The molecule has 0 fully saturated rings. The van der Waals surface area contributed by atoms with E-state index in [1.165, 1.54) is 7.11 Å². The van der Waals surface area contributed by atoms with Crippen LogP contribution in [0, 0.1) is 0 Å². The SMILES string of the molecule is COn1c(=O)oc2ccccc21. The molecule has 2 aromatic rings. The smallest absolute Gasteiger partial charge is 0.411 e. The third kappa shape index (κ3) is 0.812. The second-order valence-electron chi connectivity index (χ2n) is 2.31. The zero-order valence-corrected chi connectivity index (χ0v) is 6.48. The Balaban J connectivity index is 2.91. The molecule has 0 saturated carbocycles. The van der Waals surface area contributed by atoms with Gasteiger partial charge in [-0.1, -0.05) is 12.1 Å². The summed E-state index contributed by atoms with van der Waals surface area (Å²) in [4.78, 5) is 15.8. The topological polar surface area (TPSA) is 44.4 Å². The normalized spacial score (nSPS) is 10.4. The lowest BCUT2D eigenvalue weighted by Crippen LogP contribution is -2.19. The van der Waals surface area contributed by atoms with Gasteiger partial charge in [0.25, 0.3) is 0 Å². The molecule has 1 aromatic heterocycles. The Morgan fingerprint density at radius 1 is 1.42 bits per heavy atom. The van der Waals surface area contributed by atoms with Gasteiger partial charge in [0.1, 0.15) is 12.6 Å². The maximum atomic E-state index is 11.0. The number of benzene rings is 1. The van der Waals surface area contributed by atoms with Gasteiger partial charge in [0.05, 0.1) is 0 Å². The standard InChI is InChI=1S/C8H7NO3/c1-11-9-6-4-2-3-5-7(6)12-8(9)10/h2-5H,1H3. The Bertz CT molecular complexity index is 455. The average molecular weight is 165 g/mol. The van der Waals surface area contributed by atoms with E-state index >= 15 is 0 Å². The van der Waals surface area contributed by atoms with Gasteiger partial charge in [-0.25, -0.2) is 4.79 Å². The number of fused-ring (bicyclic) bond motifs is 1. The molecule has 0 bridgehead atoms. The first-order chi connectivity index (χ1) is 5.83. The van der Waals surface area contributed by atoms with Gasteiger partial charge in [-0.15, -0.1) is 4.73 Å². The van der Waals surface area contributed by atoms with Gasteiger partial charge in [0.15, 0.2) is 5.58 Å². The van der Waals surface area contributed by atoms with Crippen molar-refractivity contribution < 1.29 is 9.25 Å². The number of hydrogen-bond donors (Lipinski definition) is 0. The summed E-state index contributed by atoms with van der Waals surface area (Å²) in [5.41, 5.74) is 1.18. The zero-order valence-electron chi connectivity index (χ0n) is 6.48. The molecule has 0 atom stereocenters. The number of hydrogen-bond acceptors (Lipinski definition) is 3. The minimum atomic E-state index is -0.501. The molecule has 2 rings (SSSR count). The lowest BCUT2D eigenvalue weighted by Gasteiger charge is -1.95. The van der Waals surface area contributed by atoms with Gasteiger partial charge in [-0.3, -0.25) is 0 Å². The molecule has 12 heavy (non-hydrogen) atoms. The molecular weight excluding hydrogens is 158 g/mol. The second-order valence-corrected chi connectivity index (χ2v) is 2.31. The number of oxazole rings is 1. The van der Waals surface area contributed by atoms with Crippen LogP contribution < -0.4 is 10.6 Å². The second kappa shape index (κ2) is 2.41. The molecule has 62 valence electrons. The van der Waals surface area contributed by atoms with E-state index in [0.717, 1.165) is 4.73 Å². The molecular formula is C8H7NO3. The van der Waals surface area contributed by atoms with Crippen LogP contribution in [-0.2, 0) is 0 Å². The Morgan fingerprint density at radius 2 is 2.17 bits per heavy atom. The van der Waals surface area contributed by atoms with Crippen LogP contribution in [-0.4, -0.2) is 11.8 Å². The highest BCUT2D eigenvalue weighted by Crippen LogP contribution is 2.09. The highest BCUT2D eigenvalue weighted by atomic mass is 16.7. The van der Waals surface area contributed by atoms with Gasteiger partial charge in [0, 0.05) is 0 Å². The average Bonchev–Trinajstić information content (AvgIpc) is 2.40. The molecule has 0 saturated heterocycles. The summed E-state index contributed by atoms with van der Waals surface area (Å²) in [5, 5.41) is 0. The van der Waals surface area contributed by atoms with Crippen molar-refractivity contribution in [1.29, 1.82) is 0 Å². The summed E-state index contributed by atoms with van der Waals surface area (Å²) < 4.78 is 5.98. The Hall–Kier alpha value is -1.71. The van der Waals surface area contributed by atoms with E-state index in [-0.39, 0.29) is 0 Å². The Labute approximate surface area is 67.9 Å². The van der Waals surface area contributed by atoms with Crippen molar-refractivity contribution in [2.75, 3.05) is 7.11 Å². The van der Waals surface area contributed by atoms with Crippen LogP contribution >= 0.6 is 0 Å². The maximum Gasteiger partial charge on any atom is 0.453 e. The van der Waals surface area contributed by atoms with E-state index in [1.807, 2.05) is 6.07 Å². The van der Waals surface area contributed by atoms with Gasteiger partial charge in [-0.2, -0.15) is 0 Å². The maximum absolute atomic E-state index is 11.0. The molecule has 0 N–H and O–H groups in total. The van der Waals surface area contributed by atoms with Crippen LogP contribution in [0.2, 0.25) is 0 Å². The number of aromatic nitrogens is 1. The van der Waals surface area contributed by atoms with E-state index in [1.54, 1.807) is 18.2 Å². The van der Waals surface area contributed by atoms with Crippen molar-refractivity contribution in [2.24, 2.45) is 0 Å². The van der Waals surface area contributed by atoms with Crippen LogP contribution in [0.25, 0.3) is 11.1 Å². The molecule has 0 radical (unpaired) electrons. The van der Waals surface area contributed by atoms with Crippen LogP contribution in [0.1, 0.15) is 0 Å². The predicted octanol–water partition coefficient (Wildman–Crippen LogP) is 0.653. The van der Waals surface area contributed by atoms with E-state index in [0.29, 0.717) is 11.1 Å². The van der Waals surface area contributed by atoms with Crippen LogP contribution in [0.4, 0.5) is 0 Å². The Kier molecular flexibility index (Phi) is 1.40. The summed E-state index contributed by atoms with van der Waals surface area (Å²) >= 11 is 0. The molecule has 0 spiro atoms. The summed E-state index contributed by atoms with van der Waals surface area (Å²) in [6.45, 7) is 0. The van der Waals surface area contributed by atoms with Gasteiger partial charge in [0.2, 0.25) is 0 Å². The van der Waals surface area contributed by atoms with Gasteiger partial charge in [-0.05, 0) is 12.1 Å². The lowest BCUT2D eigenvalue weighted by atomic mass is 10.3. The number of nitrogens with zero attached hydrogens (tertiary/aromatic N) is 1. The third-order valence-corrected chi connectivity index (χ3v) is 1.63. The van der Waals surface area contributed by atoms with E-state index < -0.39 is 5.76 Å². The fraction of sp³-hybridized carbons (Fsp3) is 0.125. The zero-order chi connectivity index (χ0) is 8.55. The first-order valence-corrected chi connectivity index (χ1v) is 3.48. The number of para-hydroxylation sites is 2. The minimum absolute atomic E-state index is 0.501. The minimum Gasteiger partial charge on any atom is -0.411 e. The monoisotopic (exact) mass is 165 g/mol. The predicted molar refractivity (Wildman–Crippen MR) is 43.0 cm³/mol. The summed E-state index contributed by atoms with van der Waals surface area (Å²) in [7, 11) is 1.42. The highest BCUT2D eigenvalue weighted by Gasteiger charge is 2.06. The molecule has 0 aliphatic heterocycles. The summed E-state index contributed by atoms with van der Waals surface area (Å²) in [5.74, 6) is -0.501. The molecule has 1 heterocycles. The lowest BCUT2D eigenvalue weighted by molar-refractivity contribution is 0.155. The third-order valence-electron chi connectivity index (χ3n) is 1.63. The van der Waals surface area contributed by atoms with Crippen molar-refractivity contribution in [2.45, 2.75) is 0 Å². The van der Waals surface area contributed by atoms with Crippen LogP contribution in [0.15, 0.2) is 33.5 Å². The van der Waals surface area contributed by atoms with Crippen LogP contribution in [0.5, 0.6) is 0 Å². The fourth-order valence-electron chi connectivity index (χ4n) is 1.12. The summed E-state index contributed by atoms with van der Waals surface area (Å²) in [6, 6.07) is 7.08. The van der Waals surface area contributed by atoms with Crippen molar-refractivity contribution in [1.82, 2.24) is 4.73 Å². The van der Waals surface area contributed by atoms with Crippen LogP contribution in [0.3, 0.4) is 0 Å². The van der Waals surface area contributed by atoms with E-state index in [9.17, 15) is 4.79 Å². The first-order valence-electron chi connectivity index (χ1n) is 3.48. The van der Waals surface area contributed by atoms with Crippen molar-refractivity contribution >= 4 is 11.1 Å². The van der Waals surface area contributed by atoms with Gasteiger partial charge >= 0.3 is 5.76 Å². The molecule has 4 heteroatoms. The highest BCUT2D eigenvalue weighted by molar-refractivity contribution is 5.72. The quantitative estimate of drug-likeness (QED) is 0.623. The van der Waals surface area contributed by atoms with Crippen molar-refractivity contribution in [3.05, 3.63) is 34.8 Å². The van der Waals surface area contributed by atoms with E-state index in [4.69, 9.17) is 9.25 Å². The largest absolute Gasteiger partial charge is 0.453 e. The molecule has 0 amide bonds. The fourth-order valence-corrected chi connectivity index (χ4v) is 1.12. The Morgan fingerprint density at radius 3 is 2.92 bits per heavy atom. The van der Waals surface area contributed by atoms with Gasteiger partial charge < -0.3 is 9.25 Å². The molecule has 4 nitrogen and oxygen atoms in total. The molecule has 1 aromatic carbocycles. The molecule has 0 unspecified atom stereocenters. The van der Waals surface area contributed by atoms with Crippen molar-refractivity contribution in [3.63, 3.8) is 0 Å². The molecule has 0 aliphatic rings. The number of rotatable bonds is 1. The van der Waals surface area contributed by atoms with E-state index in [2.05, 4.69) is 0 Å².